The van der Waals surface area contributed by atoms with Gasteiger partial charge in [0.25, 0.3) is 0 Å². The van der Waals surface area contributed by atoms with Crippen molar-refractivity contribution in [3.05, 3.63) is 104 Å². The molecule has 3 aromatic carbocycles. The average Bonchev–Trinajstić information content (AvgIpc) is 3.35. The van der Waals surface area contributed by atoms with E-state index in [2.05, 4.69) is 83.2 Å². The van der Waals surface area contributed by atoms with Crippen LogP contribution in [0.5, 0.6) is 11.5 Å². The number of aromatic nitrogens is 3. The minimum absolute atomic E-state index is 0.205. The highest BCUT2D eigenvalue weighted by molar-refractivity contribution is 9.10. The molecule has 6 rings (SSSR count). The first-order chi connectivity index (χ1) is 16.6. The highest BCUT2D eigenvalue weighted by Gasteiger charge is 2.44. The monoisotopic (exact) mass is 578 g/mol. The first-order valence-electron chi connectivity index (χ1n) is 10.8. The molecule has 1 aromatic heterocycles. The van der Waals surface area contributed by atoms with Crippen molar-refractivity contribution in [2.45, 2.75) is 12.1 Å². The molecule has 0 bridgehead atoms. The second-order valence-electron chi connectivity index (χ2n) is 8.20. The Labute approximate surface area is 214 Å². The van der Waals surface area contributed by atoms with Gasteiger partial charge in [0.2, 0.25) is 5.95 Å². The number of benzene rings is 3. The van der Waals surface area contributed by atoms with Crippen LogP contribution in [-0.2, 0) is 0 Å². The Bertz CT molecular complexity index is 1410. The lowest BCUT2D eigenvalue weighted by Gasteiger charge is -2.42. The second-order valence-corrected chi connectivity index (χ2v) is 10.0. The standard InChI is InChI=1S/C26H20Br2N4O2/c1-31-24-21-19(33-2)4-3-5-20(21)34-25(16-8-12-18(28)13-9-16)22(24)23(32-26(31)29-14-30-32)15-6-10-17(27)11-7-15/h3-14,23,25H,1-2H3/t23-,25+/m0/s1. The van der Waals surface area contributed by atoms with E-state index in [-0.39, 0.29) is 12.1 Å². The molecule has 3 heterocycles. The topological polar surface area (TPSA) is 52.4 Å². The number of nitrogens with zero attached hydrogens (tertiary/aromatic N) is 4. The van der Waals surface area contributed by atoms with E-state index in [4.69, 9.17) is 9.47 Å². The van der Waals surface area contributed by atoms with Crippen molar-refractivity contribution in [3.63, 3.8) is 0 Å². The Kier molecular flexibility index (Phi) is 5.22. The molecule has 0 saturated carbocycles. The molecule has 2 aliphatic rings. The zero-order valence-electron chi connectivity index (χ0n) is 18.4. The fourth-order valence-electron chi connectivity index (χ4n) is 4.85. The Morgan fingerprint density at radius 2 is 1.59 bits per heavy atom. The van der Waals surface area contributed by atoms with Crippen LogP contribution in [0, 0.1) is 0 Å². The molecule has 0 N–H and O–H groups in total. The van der Waals surface area contributed by atoms with Gasteiger partial charge in [-0.1, -0.05) is 62.2 Å². The summed E-state index contributed by atoms with van der Waals surface area (Å²) in [5.74, 6) is 2.30. The number of rotatable bonds is 3. The number of fused-ring (bicyclic) bond motifs is 3. The van der Waals surface area contributed by atoms with Gasteiger partial charge < -0.3 is 14.4 Å². The van der Waals surface area contributed by atoms with E-state index in [9.17, 15) is 0 Å². The molecule has 0 radical (unpaired) electrons. The van der Waals surface area contributed by atoms with Crippen LogP contribution in [0.2, 0.25) is 0 Å². The maximum absolute atomic E-state index is 6.73. The van der Waals surface area contributed by atoms with Crippen molar-refractivity contribution in [2.75, 3.05) is 19.1 Å². The summed E-state index contributed by atoms with van der Waals surface area (Å²) >= 11 is 7.13. The van der Waals surface area contributed by atoms with Crippen molar-refractivity contribution in [3.8, 4) is 11.5 Å². The zero-order chi connectivity index (χ0) is 23.4. The number of anilines is 1. The summed E-state index contributed by atoms with van der Waals surface area (Å²) in [6.07, 6.45) is 1.28. The molecule has 0 fully saturated rings. The third-order valence-electron chi connectivity index (χ3n) is 6.33. The maximum atomic E-state index is 6.73. The van der Waals surface area contributed by atoms with Gasteiger partial charge in [0.1, 0.15) is 30.0 Å². The second kappa shape index (κ2) is 8.29. The zero-order valence-corrected chi connectivity index (χ0v) is 21.6. The lowest BCUT2D eigenvalue weighted by atomic mass is 9.84. The number of hydrogen-bond acceptors (Lipinski definition) is 5. The van der Waals surface area contributed by atoms with Crippen LogP contribution >= 0.6 is 31.9 Å². The molecule has 2 atom stereocenters. The van der Waals surface area contributed by atoms with Crippen LogP contribution in [0.4, 0.5) is 5.95 Å². The molecule has 6 nitrogen and oxygen atoms in total. The Balaban J connectivity index is 1.68. The molecule has 2 aliphatic heterocycles. The van der Waals surface area contributed by atoms with Crippen LogP contribution in [0.1, 0.15) is 28.8 Å². The first-order valence-corrected chi connectivity index (χ1v) is 12.4. The fraction of sp³-hybridized carbons (Fsp3) is 0.154. The van der Waals surface area contributed by atoms with Gasteiger partial charge in [0.15, 0.2) is 0 Å². The molecular formula is C26H20Br2N4O2. The van der Waals surface area contributed by atoms with Crippen molar-refractivity contribution in [2.24, 2.45) is 0 Å². The smallest absolute Gasteiger partial charge is 0.229 e. The van der Waals surface area contributed by atoms with E-state index in [0.29, 0.717) is 0 Å². The van der Waals surface area contributed by atoms with E-state index in [0.717, 1.165) is 54.4 Å². The summed E-state index contributed by atoms with van der Waals surface area (Å²) in [5.41, 5.74) is 5.19. The predicted octanol–water partition coefficient (Wildman–Crippen LogP) is 6.40. The molecule has 0 spiro atoms. The van der Waals surface area contributed by atoms with E-state index in [1.165, 1.54) is 0 Å². The highest BCUT2D eigenvalue weighted by atomic mass is 79.9. The lowest BCUT2D eigenvalue weighted by molar-refractivity contribution is 0.220. The molecular weight excluding hydrogens is 560 g/mol. The first kappa shape index (κ1) is 21.4. The third-order valence-corrected chi connectivity index (χ3v) is 7.39. The van der Waals surface area contributed by atoms with Crippen molar-refractivity contribution in [1.29, 1.82) is 0 Å². The molecule has 4 aromatic rings. The number of halogens is 2. The minimum atomic E-state index is -0.323. The van der Waals surface area contributed by atoms with Crippen LogP contribution in [0.3, 0.4) is 0 Å². The van der Waals surface area contributed by atoms with Gasteiger partial charge in [-0.25, -0.2) is 4.68 Å². The SMILES string of the molecule is COc1cccc2c1C1=C([C@H](c3ccc(Br)cc3)n3ncnc3N1C)[C@@H](c1ccc(Br)cc1)O2. The Hall–Kier alpha value is -3.10. The maximum Gasteiger partial charge on any atom is 0.229 e. The van der Waals surface area contributed by atoms with Gasteiger partial charge in [-0.3, -0.25) is 0 Å². The summed E-state index contributed by atoms with van der Waals surface area (Å²) in [5, 5.41) is 4.64. The van der Waals surface area contributed by atoms with Gasteiger partial charge in [-0.05, 0) is 47.5 Å². The van der Waals surface area contributed by atoms with Crippen molar-refractivity contribution < 1.29 is 9.47 Å². The lowest BCUT2D eigenvalue weighted by Crippen LogP contribution is -2.37. The summed E-state index contributed by atoms with van der Waals surface area (Å²) in [7, 11) is 3.71. The van der Waals surface area contributed by atoms with Crippen LogP contribution < -0.4 is 14.4 Å². The molecule has 0 unspecified atom stereocenters. The van der Waals surface area contributed by atoms with Crippen molar-refractivity contribution >= 4 is 43.5 Å². The Morgan fingerprint density at radius 1 is 0.912 bits per heavy atom. The van der Waals surface area contributed by atoms with Crippen LogP contribution in [0.15, 0.2) is 87.6 Å². The molecule has 0 amide bonds. The van der Waals surface area contributed by atoms with E-state index >= 15 is 0 Å². The van der Waals surface area contributed by atoms with Crippen LogP contribution in [-0.4, -0.2) is 28.9 Å². The molecule has 170 valence electrons. The average molecular weight is 580 g/mol. The van der Waals surface area contributed by atoms with Crippen molar-refractivity contribution in [1.82, 2.24) is 14.8 Å². The summed E-state index contributed by atoms with van der Waals surface area (Å²) in [4.78, 5) is 6.70. The normalized spacial score (nSPS) is 18.6. The number of methoxy groups -OCH3 is 1. The van der Waals surface area contributed by atoms with Crippen LogP contribution in [0.25, 0.3) is 5.70 Å². The molecule has 8 heteroatoms. The largest absolute Gasteiger partial charge is 0.496 e. The van der Waals surface area contributed by atoms with Gasteiger partial charge in [0, 0.05) is 21.6 Å². The quantitative estimate of drug-likeness (QED) is 0.281. The van der Waals surface area contributed by atoms with Gasteiger partial charge in [-0.2, -0.15) is 10.1 Å². The van der Waals surface area contributed by atoms with E-state index < -0.39 is 0 Å². The van der Waals surface area contributed by atoms with Gasteiger partial charge in [0.05, 0.1) is 18.4 Å². The van der Waals surface area contributed by atoms with E-state index in [1.54, 1.807) is 13.4 Å². The third kappa shape index (κ3) is 3.27. The Morgan fingerprint density at radius 3 is 2.26 bits per heavy atom. The summed E-state index contributed by atoms with van der Waals surface area (Å²) in [6.45, 7) is 0. The number of hydrogen-bond donors (Lipinski definition) is 0. The fourth-order valence-corrected chi connectivity index (χ4v) is 5.38. The molecule has 0 saturated heterocycles. The van der Waals surface area contributed by atoms with Gasteiger partial charge in [-0.15, -0.1) is 0 Å². The summed E-state index contributed by atoms with van der Waals surface area (Å²) < 4.78 is 16.5. The van der Waals surface area contributed by atoms with Gasteiger partial charge >= 0.3 is 0 Å². The molecule has 0 aliphatic carbocycles. The highest BCUT2D eigenvalue weighted by Crippen LogP contribution is 2.54. The van der Waals surface area contributed by atoms with E-state index in [1.807, 2.05) is 42.1 Å². The minimum Gasteiger partial charge on any atom is -0.496 e. The summed E-state index contributed by atoms with van der Waals surface area (Å²) in [6, 6.07) is 22.3. The predicted molar refractivity (Wildman–Crippen MR) is 138 cm³/mol. The number of ether oxygens (including phenoxy) is 2. The molecule has 34 heavy (non-hydrogen) atoms.